The van der Waals surface area contributed by atoms with Crippen molar-refractivity contribution in [1.29, 1.82) is 0 Å². The molecule has 1 aromatic carbocycles. The Balaban J connectivity index is 0.00000210. The molecule has 0 aliphatic carbocycles. The fraction of sp³-hybridized carbons (Fsp3) is 0.400. The summed E-state index contributed by atoms with van der Waals surface area (Å²) in [7, 11) is 0. The molecule has 1 aliphatic heterocycles. The maximum atomic E-state index is 12.6. The van der Waals surface area contributed by atoms with Crippen LogP contribution >= 0.6 is 23.7 Å². The quantitative estimate of drug-likeness (QED) is 0.683. The highest BCUT2D eigenvalue weighted by atomic mass is 35.5. The zero-order chi connectivity index (χ0) is 17.9. The normalized spacial score (nSPS) is 16.9. The minimum atomic E-state index is 0. The smallest absolute Gasteiger partial charge is 0.261 e. The van der Waals surface area contributed by atoms with Crippen molar-refractivity contribution in [1.82, 2.24) is 20.4 Å². The van der Waals surface area contributed by atoms with E-state index in [0.717, 1.165) is 47.0 Å². The van der Waals surface area contributed by atoms with Crippen LogP contribution in [0.5, 0.6) is 0 Å². The third-order valence-electron chi connectivity index (χ3n) is 4.96. The van der Waals surface area contributed by atoms with Gasteiger partial charge in [-0.15, -0.1) is 23.7 Å². The number of carbonyl (C=O) groups is 1. The van der Waals surface area contributed by atoms with Crippen molar-refractivity contribution in [2.75, 3.05) is 19.6 Å². The molecule has 2 aromatic heterocycles. The van der Waals surface area contributed by atoms with Crippen LogP contribution in [0.15, 0.2) is 36.4 Å². The molecule has 2 N–H and O–H groups in total. The van der Waals surface area contributed by atoms with E-state index in [1.165, 1.54) is 29.7 Å². The van der Waals surface area contributed by atoms with Gasteiger partial charge in [0.15, 0.2) is 0 Å². The molecular weight excluding hydrogens is 380 g/mol. The van der Waals surface area contributed by atoms with E-state index in [-0.39, 0.29) is 18.3 Å². The van der Waals surface area contributed by atoms with Gasteiger partial charge >= 0.3 is 0 Å². The molecule has 1 atom stereocenters. The summed E-state index contributed by atoms with van der Waals surface area (Å²) in [5, 5.41) is 12.2. The summed E-state index contributed by atoms with van der Waals surface area (Å²) in [4.78, 5) is 14.4. The first-order valence-corrected chi connectivity index (χ1v) is 10.0. The van der Waals surface area contributed by atoms with E-state index >= 15 is 0 Å². The molecule has 1 unspecified atom stereocenters. The number of carbonyl (C=O) groups excluding carboxylic acids is 1. The van der Waals surface area contributed by atoms with Gasteiger partial charge in [0.25, 0.3) is 5.91 Å². The lowest BCUT2D eigenvalue weighted by molar-refractivity contribution is 0.0949. The summed E-state index contributed by atoms with van der Waals surface area (Å²) in [6.07, 6.45) is 2.38. The second kappa shape index (κ2) is 8.87. The van der Waals surface area contributed by atoms with Crippen LogP contribution in [0.4, 0.5) is 0 Å². The lowest BCUT2D eigenvalue weighted by atomic mass is 10.00. The highest BCUT2D eigenvalue weighted by Crippen LogP contribution is 2.29. The van der Waals surface area contributed by atoms with Crippen molar-refractivity contribution in [3.63, 3.8) is 0 Å². The molecule has 1 aliphatic rings. The first-order chi connectivity index (χ1) is 12.7. The van der Waals surface area contributed by atoms with Crippen LogP contribution in [0.2, 0.25) is 0 Å². The van der Waals surface area contributed by atoms with Crippen molar-refractivity contribution in [3.8, 4) is 0 Å². The highest BCUT2D eigenvalue weighted by molar-refractivity contribution is 7.20. The molecule has 0 spiro atoms. The number of nitrogens with zero attached hydrogens (tertiary/aromatic N) is 2. The Hall–Kier alpha value is -1.89. The van der Waals surface area contributed by atoms with Crippen LogP contribution in [0.3, 0.4) is 0 Å². The van der Waals surface area contributed by atoms with Crippen LogP contribution in [0, 0.1) is 12.8 Å². The number of piperidine rings is 1. The summed E-state index contributed by atoms with van der Waals surface area (Å²) in [5.41, 5.74) is 2.18. The molecule has 144 valence electrons. The predicted molar refractivity (Wildman–Crippen MR) is 113 cm³/mol. The van der Waals surface area contributed by atoms with E-state index in [0.29, 0.717) is 5.92 Å². The minimum Gasteiger partial charge on any atom is -0.351 e. The largest absolute Gasteiger partial charge is 0.351 e. The standard InChI is InChI=1S/C20H24N4OS.ClH/c1-14-17-10-18(19(25)22-12-16-8-5-9-21-11-16)26-20(17)24(23-14)13-15-6-3-2-4-7-15;/h2-4,6-7,10,16,21H,5,8-9,11-13H2,1H3,(H,22,25);1H. The van der Waals surface area contributed by atoms with Crippen LogP contribution in [0.25, 0.3) is 10.2 Å². The van der Waals surface area contributed by atoms with Crippen LogP contribution in [-0.4, -0.2) is 35.3 Å². The molecule has 4 rings (SSSR count). The highest BCUT2D eigenvalue weighted by Gasteiger charge is 2.18. The van der Waals surface area contributed by atoms with Gasteiger partial charge in [0.05, 0.1) is 17.1 Å². The monoisotopic (exact) mass is 404 g/mol. The van der Waals surface area contributed by atoms with E-state index in [9.17, 15) is 4.79 Å². The fourth-order valence-corrected chi connectivity index (χ4v) is 4.59. The maximum absolute atomic E-state index is 12.6. The average Bonchev–Trinajstić information content (AvgIpc) is 3.23. The molecule has 27 heavy (non-hydrogen) atoms. The Morgan fingerprint density at radius 3 is 2.93 bits per heavy atom. The molecule has 0 bridgehead atoms. The van der Waals surface area contributed by atoms with Gasteiger partial charge in [0.2, 0.25) is 0 Å². The predicted octanol–water partition coefficient (Wildman–Crippen LogP) is 3.61. The SMILES string of the molecule is Cc1nn(Cc2ccccc2)c2sc(C(=O)NCC3CCCNC3)cc12.Cl. The van der Waals surface area contributed by atoms with Crippen LogP contribution < -0.4 is 10.6 Å². The Morgan fingerprint density at radius 2 is 2.19 bits per heavy atom. The first kappa shape index (κ1) is 19.9. The van der Waals surface area contributed by atoms with Gasteiger partial charge in [-0.3, -0.25) is 9.48 Å². The molecule has 3 heterocycles. The Bertz CT molecular complexity index is 899. The summed E-state index contributed by atoms with van der Waals surface area (Å²) < 4.78 is 2.01. The lowest BCUT2D eigenvalue weighted by Crippen LogP contribution is -2.37. The number of hydrogen-bond donors (Lipinski definition) is 2. The van der Waals surface area contributed by atoms with E-state index < -0.39 is 0 Å². The molecule has 5 nitrogen and oxygen atoms in total. The fourth-order valence-electron chi connectivity index (χ4n) is 3.51. The number of benzene rings is 1. The third kappa shape index (κ3) is 4.51. The third-order valence-corrected chi connectivity index (χ3v) is 6.10. The van der Waals surface area contributed by atoms with Crippen molar-refractivity contribution in [2.45, 2.75) is 26.3 Å². The topological polar surface area (TPSA) is 59.0 Å². The molecule has 0 saturated carbocycles. The van der Waals surface area contributed by atoms with Crippen molar-refractivity contribution < 1.29 is 4.79 Å². The maximum Gasteiger partial charge on any atom is 0.261 e. The number of fused-ring (bicyclic) bond motifs is 1. The Morgan fingerprint density at radius 1 is 1.37 bits per heavy atom. The van der Waals surface area contributed by atoms with Crippen LogP contribution in [-0.2, 0) is 6.54 Å². The molecular formula is C20H25ClN4OS. The van der Waals surface area contributed by atoms with Gasteiger partial charge in [-0.25, -0.2) is 0 Å². The number of halogens is 1. The number of nitrogens with one attached hydrogen (secondary N) is 2. The van der Waals surface area contributed by atoms with Crippen molar-refractivity contribution in [3.05, 3.63) is 52.5 Å². The second-order valence-electron chi connectivity index (χ2n) is 6.98. The molecule has 1 fully saturated rings. The molecule has 7 heteroatoms. The lowest BCUT2D eigenvalue weighted by Gasteiger charge is -2.22. The molecule has 0 radical (unpaired) electrons. The summed E-state index contributed by atoms with van der Waals surface area (Å²) >= 11 is 1.53. The molecule has 3 aromatic rings. The summed E-state index contributed by atoms with van der Waals surface area (Å²) in [6.45, 7) is 5.57. The minimum absolute atomic E-state index is 0. The van der Waals surface area contributed by atoms with E-state index in [1.807, 2.05) is 35.9 Å². The van der Waals surface area contributed by atoms with Gasteiger partial charge < -0.3 is 10.6 Å². The molecule has 1 saturated heterocycles. The number of rotatable bonds is 5. The zero-order valence-electron chi connectivity index (χ0n) is 15.4. The van der Waals surface area contributed by atoms with E-state index in [1.54, 1.807) is 0 Å². The average molecular weight is 405 g/mol. The van der Waals surface area contributed by atoms with Crippen molar-refractivity contribution >= 4 is 39.9 Å². The van der Waals surface area contributed by atoms with E-state index in [4.69, 9.17) is 0 Å². The van der Waals surface area contributed by atoms with Crippen LogP contribution in [0.1, 0.15) is 33.8 Å². The number of hydrogen-bond acceptors (Lipinski definition) is 4. The zero-order valence-corrected chi connectivity index (χ0v) is 17.0. The van der Waals surface area contributed by atoms with Gasteiger partial charge in [-0.05, 0) is 50.4 Å². The van der Waals surface area contributed by atoms with E-state index in [2.05, 4.69) is 27.9 Å². The van der Waals surface area contributed by atoms with Gasteiger partial charge in [-0.2, -0.15) is 5.10 Å². The number of aromatic nitrogens is 2. The Kier molecular flexibility index (Phi) is 6.52. The number of amides is 1. The van der Waals surface area contributed by atoms with Gasteiger partial charge in [0, 0.05) is 11.9 Å². The van der Waals surface area contributed by atoms with Gasteiger partial charge in [0.1, 0.15) is 4.83 Å². The Labute approximate surface area is 169 Å². The summed E-state index contributed by atoms with van der Waals surface area (Å²) in [5.74, 6) is 0.569. The van der Waals surface area contributed by atoms with Crippen molar-refractivity contribution in [2.24, 2.45) is 5.92 Å². The first-order valence-electron chi connectivity index (χ1n) is 9.20. The molecule has 1 amide bonds. The number of aryl methyl sites for hydroxylation is 1. The van der Waals surface area contributed by atoms with Gasteiger partial charge in [-0.1, -0.05) is 30.3 Å². The summed E-state index contributed by atoms with van der Waals surface area (Å²) in [6, 6.07) is 12.3. The number of thiophene rings is 1. The second-order valence-corrected chi connectivity index (χ2v) is 8.01.